The highest BCUT2D eigenvalue weighted by atomic mass is 32.2. The number of fused-ring (bicyclic) bond motifs is 1. The molecule has 0 atom stereocenters. The summed E-state index contributed by atoms with van der Waals surface area (Å²) in [6.45, 7) is 4.05. The van der Waals surface area contributed by atoms with Crippen molar-refractivity contribution in [2.45, 2.75) is 50.5 Å². The van der Waals surface area contributed by atoms with Gasteiger partial charge in [-0.25, -0.2) is 13.4 Å². The van der Waals surface area contributed by atoms with Gasteiger partial charge in [-0.1, -0.05) is 30.2 Å². The molecule has 0 bridgehead atoms. The quantitative estimate of drug-likeness (QED) is 0.618. The highest BCUT2D eigenvalue weighted by Crippen LogP contribution is 2.30. The van der Waals surface area contributed by atoms with E-state index >= 15 is 0 Å². The molecular formula is C22H25N3O3S2. The van der Waals surface area contributed by atoms with Crippen LogP contribution in [0.4, 0.5) is 5.13 Å². The molecule has 0 radical (unpaired) electrons. The molecule has 0 spiro atoms. The van der Waals surface area contributed by atoms with Gasteiger partial charge < -0.3 is 0 Å². The van der Waals surface area contributed by atoms with Crippen molar-refractivity contribution in [1.82, 2.24) is 9.29 Å². The molecule has 3 aromatic rings. The molecule has 30 heavy (non-hydrogen) atoms. The lowest BCUT2D eigenvalue weighted by atomic mass is 10.1. The molecule has 1 saturated carbocycles. The first kappa shape index (κ1) is 21.0. The minimum atomic E-state index is -3.56. The Balaban J connectivity index is 1.51. The number of benzene rings is 2. The van der Waals surface area contributed by atoms with Crippen molar-refractivity contribution in [1.29, 1.82) is 0 Å². The summed E-state index contributed by atoms with van der Waals surface area (Å²) in [6, 6.07) is 10.2. The lowest BCUT2D eigenvalue weighted by molar-refractivity contribution is 0.102. The Hall–Kier alpha value is -2.29. The molecule has 1 N–H and O–H groups in total. The largest absolute Gasteiger partial charge is 0.298 e. The number of sulfonamides is 1. The number of aromatic nitrogens is 1. The number of hydrogen-bond acceptors (Lipinski definition) is 5. The van der Waals surface area contributed by atoms with Crippen LogP contribution in [0.2, 0.25) is 0 Å². The van der Waals surface area contributed by atoms with Crippen LogP contribution in [-0.4, -0.2) is 36.7 Å². The van der Waals surface area contributed by atoms with Crippen LogP contribution in [-0.2, 0) is 10.0 Å². The number of carbonyl (C=O) groups is 1. The number of hydrogen-bond donors (Lipinski definition) is 1. The first-order valence-electron chi connectivity index (χ1n) is 10.0. The zero-order valence-electron chi connectivity index (χ0n) is 17.3. The fraction of sp³-hybridized carbons (Fsp3) is 0.364. The number of anilines is 1. The van der Waals surface area contributed by atoms with Crippen LogP contribution in [0, 0.1) is 13.8 Å². The molecule has 4 rings (SSSR count). The van der Waals surface area contributed by atoms with E-state index in [9.17, 15) is 13.2 Å². The highest BCUT2D eigenvalue weighted by Gasteiger charge is 2.30. The fourth-order valence-corrected chi connectivity index (χ4v) is 6.33. The number of rotatable bonds is 5. The average molecular weight is 444 g/mol. The third kappa shape index (κ3) is 3.99. The second kappa shape index (κ2) is 8.09. The Bertz CT molecular complexity index is 1190. The van der Waals surface area contributed by atoms with Crippen LogP contribution < -0.4 is 5.32 Å². The maximum Gasteiger partial charge on any atom is 0.257 e. The standard InChI is InChI=1S/C22H25N3O3S2/c1-14-12-15(2)20-19(13-14)23-22(29-20)24-21(26)16-8-10-18(11-9-16)30(27,28)25(3)17-6-4-5-7-17/h8-13,17H,4-7H2,1-3H3,(H,23,24,26). The van der Waals surface area contributed by atoms with Gasteiger partial charge >= 0.3 is 0 Å². The van der Waals surface area contributed by atoms with Gasteiger partial charge in [0.05, 0.1) is 15.1 Å². The van der Waals surface area contributed by atoms with Gasteiger partial charge in [0.15, 0.2) is 5.13 Å². The van der Waals surface area contributed by atoms with Crippen molar-refractivity contribution in [3.63, 3.8) is 0 Å². The zero-order chi connectivity index (χ0) is 21.5. The molecule has 1 heterocycles. The van der Waals surface area contributed by atoms with Crippen LogP contribution in [0.3, 0.4) is 0 Å². The fourth-order valence-electron chi connectivity index (χ4n) is 4.01. The van der Waals surface area contributed by atoms with E-state index in [4.69, 9.17) is 0 Å². The molecule has 0 unspecified atom stereocenters. The lowest BCUT2D eigenvalue weighted by Crippen LogP contribution is -2.35. The van der Waals surface area contributed by atoms with Gasteiger partial charge in [-0.05, 0) is 68.1 Å². The molecule has 2 aromatic carbocycles. The Kier molecular flexibility index (Phi) is 5.65. The van der Waals surface area contributed by atoms with Crippen LogP contribution in [0.25, 0.3) is 10.2 Å². The van der Waals surface area contributed by atoms with Crippen molar-refractivity contribution in [2.75, 3.05) is 12.4 Å². The van der Waals surface area contributed by atoms with Gasteiger partial charge in [-0.15, -0.1) is 0 Å². The predicted molar refractivity (Wildman–Crippen MR) is 121 cm³/mol. The topological polar surface area (TPSA) is 79.4 Å². The van der Waals surface area contributed by atoms with Gasteiger partial charge in [-0.2, -0.15) is 4.31 Å². The average Bonchev–Trinajstić information content (AvgIpc) is 3.37. The van der Waals surface area contributed by atoms with Gasteiger partial charge in [0.2, 0.25) is 10.0 Å². The summed E-state index contributed by atoms with van der Waals surface area (Å²) in [5.74, 6) is -0.309. The maximum absolute atomic E-state index is 12.9. The SMILES string of the molecule is Cc1cc(C)c2sc(NC(=O)c3ccc(S(=O)(=O)N(C)C4CCCC4)cc3)nc2c1. The Labute approximate surface area is 181 Å². The second-order valence-corrected chi connectivity index (χ2v) is 10.9. The molecule has 158 valence electrons. The minimum Gasteiger partial charge on any atom is -0.298 e. The van der Waals surface area contributed by atoms with Crippen molar-refractivity contribution < 1.29 is 13.2 Å². The Morgan fingerprint density at radius 3 is 2.47 bits per heavy atom. The molecule has 0 aliphatic heterocycles. The van der Waals surface area contributed by atoms with E-state index in [0.717, 1.165) is 47.0 Å². The summed E-state index contributed by atoms with van der Waals surface area (Å²) >= 11 is 1.44. The number of thiazole rings is 1. The lowest BCUT2D eigenvalue weighted by Gasteiger charge is -2.23. The second-order valence-electron chi connectivity index (χ2n) is 7.89. The van der Waals surface area contributed by atoms with E-state index in [1.165, 1.54) is 27.8 Å². The molecule has 6 nitrogen and oxygen atoms in total. The summed E-state index contributed by atoms with van der Waals surface area (Å²) in [5, 5.41) is 3.36. The molecule has 1 aromatic heterocycles. The Morgan fingerprint density at radius 1 is 1.13 bits per heavy atom. The number of carbonyl (C=O) groups excluding carboxylic acids is 1. The summed E-state index contributed by atoms with van der Waals surface area (Å²) in [6.07, 6.45) is 3.93. The number of nitrogens with one attached hydrogen (secondary N) is 1. The van der Waals surface area contributed by atoms with E-state index < -0.39 is 10.0 Å². The number of nitrogens with zero attached hydrogens (tertiary/aromatic N) is 2. The summed E-state index contributed by atoms with van der Waals surface area (Å²) in [7, 11) is -1.92. The summed E-state index contributed by atoms with van der Waals surface area (Å²) in [5.41, 5.74) is 3.51. The third-order valence-corrected chi connectivity index (χ3v) is 8.72. The van der Waals surface area contributed by atoms with Crippen LogP contribution in [0.5, 0.6) is 0 Å². The van der Waals surface area contributed by atoms with Crippen LogP contribution >= 0.6 is 11.3 Å². The van der Waals surface area contributed by atoms with Crippen molar-refractivity contribution in [3.05, 3.63) is 53.1 Å². The first-order chi connectivity index (χ1) is 14.3. The van der Waals surface area contributed by atoms with Crippen LogP contribution in [0.1, 0.15) is 47.2 Å². The summed E-state index contributed by atoms with van der Waals surface area (Å²) < 4.78 is 28.3. The molecule has 1 fully saturated rings. The smallest absolute Gasteiger partial charge is 0.257 e. The number of amides is 1. The van der Waals surface area contributed by atoms with Gasteiger partial charge in [0.25, 0.3) is 5.91 Å². The van der Waals surface area contributed by atoms with E-state index in [1.807, 2.05) is 19.9 Å². The predicted octanol–water partition coefficient (Wildman–Crippen LogP) is 4.73. The van der Waals surface area contributed by atoms with E-state index in [-0.39, 0.29) is 16.8 Å². The first-order valence-corrected chi connectivity index (χ1v) is 12.3. The number of aryl methyl sites for hydroxylation is 2. The van der Waals surface area contributed by atoms with Crippen molar-refractivity contribution >= 4 is 42.6 Å². The zero-order valence-corrected chi connectivity index (χ0v) is 18.9. The molecule has 0 saturated heterocycles. The highest BCUT2D eigenvalue weighted by molar-refractivity contribution is 7.89. The van der Waals surface area contributed by atoms with E-state index in [2.05, 4.69) is 16.4 Å². The molecule has 1 aliphatic carbocycles. The van der Waals surface area contributed by atoms with Gasteiger partial charge in [-0.3, -0.25) is 10.1 Å². The van der Waals surface area contributed by atoms with Crippen molar-refractivity contribution in [2.24, 2.45) is 0 Å². The van der Waals surface area contributed by atoms with Crippen molar-refractivity contribution in [3.8, 4) is 0 Å². The monoisotopic (exact) mass is 443 g/mol. The minimum absolute atomic E-state index is 0.0594. The van der Waals surface area contributed by atoms with E-state index in [1.54, 1.807) is 19.2 Å². The van der Waals surface area contributed by atoms with Gasteiger partial charge in [0.1, 0.15) is 0 Å². The Morgan fingerprint density at radius 2 is 1.80 bits per heavy atom. The summed E-state index contributed by atoms with van der Waals surface area (Å²) in [4.78, 5) is 17.4. The maximum atomic E-state index is 12.9. The molecule has 1 aliphatic rings. The van der Waals surface area contributed by atoms with Gasteiger partial charge in [0, 0.05) is 18.7 Å². The molecule has 1 amide bonds. The van der Waals surface area contributed by atoms with E-state index in [0.29, 0.717) is 10.7 Å². The normalized spacial score (nSPS) is 15.2. The third-order valence-electron chi connectivity index (χ3n) is 5.67. The molecule has 8 heteroatoms. The molecular weight excluding hydrogens is 418 g/mol. The van der Waals surface area contributed by atoms with Crippen LogP contribution in [0.15, 0.2) is 41.3 Å².